The van der Waals surface area contributed by atoms with Crippen molar-refractivity contribution in [3.63, 3.8) is 0 Å². The fourth-order valence-electron chi connectivity index (χ4n) is 2.24. The number of nitrogens with one attached hydrogen (secondary N) is 1. The van der Waals surface area contributed by atoms with Gasteiger partial charge in [-0.15, -0.1) is 0 Å². The molecule has 0 aromatic heterocycles. The molecule has 0 fully saturated rings. The first-order valence-corrected chi connectivity index (χ1v) is 9.24. The van der Waals surface area contributed by atoms with E-state index >= 15 is 0 Å². The molecule has 0 aliphatic carbocycles. The number of hydrazone groups is 1. The molecule has 1 N–H and O–H groups in total. The molecule has 0 amide bonds. The van der Waals surface area contributed by atoms with Gasteiger partial charge in [0.1, 0.15) is 19.0 Å². The molecule has 3 rings (SSSR count). The van der Waals surface area contributed by atoms with Gasteiger partial charge < -0.3 is 14.2 Å². The third-order valence-corrected chi connectivity index (χ3v) is 4.64. The average molecular weight is 362 g/mol. The highest BCUT2D eigenvalue weighted by Crippen LogP contribution is 2.30. The molecule has 0 unspecified atom stereocenters. The maximum Gasteiger partial charge on any atom is 0.276 e. The van der Waals surface area contributed by atoms with Gasteiger partial charge >= 0.3 is 0 Å². The van der Waals surface area contributed by atoms with Crippen molar-refractivity contribution in [1.29, 1.82) is 0 Å². The van der Waals surface area contributed by atoms with Gasteiger partial charge in [0.25, 0.3) is 10.0 Å². The Kier molecular flexibility index (Phi) is 5.08. The van der Waals surface area contributed by atoms with Gasteiger partial charge in [0, 0.05) is 0 Å². The van der Waals surface area contributed by atoms with E-state index in [9.17, 15) is 8.42 Å². The second-order valence-electron chi connectivity index (χ2n) is 5.16. The molecule has 0 bridgehead atoms. The molecular weight excluding hydrogens is 344 g/mol. The summed E-state index contributed by atoms with van der Waals surface area (Å²) in [5.74, 6) is 1.89. The van der Waals surface area contributed by atoms with Gasteiger partial charge in [-0.25, -0.2) is 4.83 Å². The van der Waals surface area contributed by atoms with E-state index in [4.69, 9.17) is 14.2 Å². The zero-order chi connectivity index (χ0) is 17.7. The van der Waals surface area contributed by atoms with Gasteiger partial charge in [-0.3, -0.25) is 0 Å². The third kappa shape index (κ3) is 4.21. The van der Waals surface area contributed by atoms with E-state index in [0.29, 0.717) is 42.6 Å². The van der Waals surface area contributed by atoms with Crippen LogP contribution in [0.2, 0.25) is 0 Å². The highest BCUT2D eigenvalue weighted by atomic mass is 32.2. The quantitative estimate of drug-likeness (QED) is 0.629. The molecular formula is C17H18N2O5S. The van der Waals surface area contributed by atoms with Crippen LogP contribution in [0.25, 0.3) is 0 Å². The number of sulfonamides is 1. The van der Waals surface area contributed by atoms with E-state index in [2.05, 4.69) is 9.93 Å². The zero-order valence-corrected chi connectivity index (χ0v) is 14.5. The smallest absolute Gasteiger partial charge is 0.276 e. The summed E-state index contributed by atoms with van der Waals surface area (Å²) in [5.41, 5.74) is 0.693. The SMILES string of the molecule is CCOc1ccc(S(=O)(=O)N/N=C\c2ccc3c(c2)OCCO3)cc1. The predicted molar refractivity (Wildman–Crippen MR) is 93.0 cm³/mol. The van der Waals surface area contributed by atoms with Gasteiger partial charge in [0.05, 0.1) is 17.7 Å². The number of fused-ring (bicyclic) bond motifs is 1. The maximum atomic E-state index is 12.2. The second-order valence-corrected chi connectivity index (χ2v) is 6.82. The Hall–Kier alpha value is -2.74. The van der Waals surface area contributed by atoms with Crippen molar-refractivity contribution in [2.75, 3.05) is 19.8 Å². The molecule has 2 aromatic rings. The van der Waals surface area contributed by atoms with Crippen LogP contribution in [-0.2, 0) is 10.0 Å². The first-order chi connectivity index (χ1) is 12.1. The summed E-state index contributed by atoms with van der Waals surface area (Å²) in [6.45, 7) is 3.38. The van der Waals surface area contributed by atoms with E-state index in [0.717, 1.165) is 0 Å². The van der Waals surface area contributed by atoms with E-state index in [-0.39, 0.29) is 4.90 Å². The van der Waals surface area contributed by atoms with Gasteiger partial charge in [0.2, 0.25) is 0 Å². The molecule has 0 saturated heterocycles. The number of nitrogens with zero attached hydrogens (tertiary/aromatic N) is 1. The van der Waals surface area contributed by atoms with E-state index < -0.39 is 10.0 Å². The number of hydrogen-bond donors (Lipinski definition) is 1. The Morgan fingerprint density at radius 3 is 2.56 bits per heavy atom. The molecule has 132 valence electrons. The normalized spacial score (nSPS) is 13.6. The lowest BCUT2D eigenvalue weighted by atomic mass is 10.2. The summed E-state index contributed by atoms with van der Waals surface area (Å²) in [6, 6.07) is 11.4. The van der Waals surface area contributed by atoms with Gasteiger partial charge in [-0.05, 0) is 55.0 Å². The zero-order valence-electron chi connectivity index (χ0n) is 13.6. The van der Waals surface area contributed by atoms with Gasteiger partial charge in [-0.1, -0.05) is 0 Å². The van der Waals surface area contributed by atoms with Crippen LogP contribution in [0.5, 0.6) is 17.2 Å². The second kappa shape index (κ2) is 7.43. The monoisotopic (exact) mass is 362 g/mol. The fraction of sp³-hybridized carbons (Fsp3) is 0.235. The topological polar surface area (TPSA) is 86.2 Å². The van der Waals surface area contributed by atoms with Gasteiger partial charge in [-0.2, -0.15) is 13.5 Å². The minimum absolute atomic E-state index is 0.107. The highest BCUT2D eigenvalue weighted by molar-refractivity contribution is 7.89. The van der Waals surface area contributed by atoms with Crippen molar-refractivity contribution in [1.82, 2.24) is 4.83 Å². The molecule has 25 heavy (non-hydrogen) atoms. The summed E-state index contributed by atoms with van der Waals surface area (Å²) in [7, 11) is -3.74. The Balaban J connectivity index is 1.68. The standard InChI is InChI=1S/C17H18N2O5S/c1-2-22-14-4-6-15(7-5-14)25(20,21)19-18-12-13-3-8-16-17(11-13)24-10-9-23-16/h3-8,11-12,19H,2,9-10H2,1H3/b18-12-. The van der Waals surface area contributed by atoms with E-state index in [1.807, 2.05) is 6.92 Å². The summed E-state index contributed by atoms with van der Waals surface area (Å²) < 4.78 is 40.6. The molecule has 0 radical (unpaired) electrons. The Morgan fingerprint density at radius 2 is 1.84 bits per heavy atom. The van der Waals surface area contributed by atoms with Crippen LogP contribution in [0.15, 0.2) is 52.5 Å². The fourth-order valence-corrected chi connectivity index (χ4v) is 3.04. The van der Waals surface area contributed by atoms with E-state index in [1.54, 1.807) is 30.3 Å². The lowest BCUT2D eigenvalue weighted by Crippen LogP contribution is -2.18. The molecule has 0 atom stereocenters. The van der Waals surface area contributed by atoms with Crippen molar-refractivity contribution in [3.8, 4) is 17.2 Å². The molecule has 8 heteroatoms. The number of hydrogen-bond acceptors (Lipinski definition) is 6. The molecule has 1 heterocycles. The minimum atomic E-state index is -3.74. The largest absolute Gasteiger partial charge is 0.494 e. The van der Waals surface area contributed by atoms with Crippen molar-refractivity contribution < 1.29 is 22.6 Å². The van der Waals surface area contributed by atoms with Crippen LogP contribution in [0.1, 0.15) is 12.5 Å². The predicted octanol–water partition coefficient (Wildman–Crippen LogP) is 2.17. The maximum absolute atomic E-state index is 12.2. The lowest BCUT2D eigenvalue weighted by molar-refractivity contribution is 0.171. The van der Waals surface area contributed by atoms with E-state index in [1.165, 1.54) is 18.3 Å². The summed E-state index contributed by atoms with van der Waals surface area (Å²) in [6.07, 6.45) is 1.41. The minimum Gasteiger partial charge on any atom is -0.494 e. The molecule has 2 aromatic carbocycles. The lowest BCUT2D eigenvalue weighted by Gasteiger charge is -2.18. The Labute approximate surface area is 146 Å². The Bertz CT molecular complexity index is 863. The average Bonchev–Trinajstić information content (AvgIpc) is 2.62. The van der Waals surface area contributed by atoms with Crippen LogP contribution in [0.3, 0.4) is 0 Å². The molecule has 1 aliphatic heterocycles. The molecule has 1 aliphatic rings. The molecule has 7 nitrogen and oxygen atoms in total. The first kappa shape index (κ1) is 17.1. The molecule has 0 spiro atoms. The molecule has 0 saturated carbocycles. The highest BCUT2D eigenvalue weighted by Gasteiger charge is 2.13. The van der Waals surface area contributed by atoms with Crippen molar-refractivity contribution in [2.24, 2.45) is 5.10 Å². The third-order valence-electron chi connectivity index (χ3n) is 3.40. The van der Waals surface area contributed by atoms with Gasteiger partial charge in [0.15, 0.2) is 11.5 Å². The summed E-state index contributed by atoms with van der Waals surface area (Å²) >= 11 is 0. The number of rotatable bonds is 6. The van der Waals surface area contributed by atoms with Crippen molar-refractivity contribution >= 4 is 16.2 Å². The summed E-state index contributed by atoms with van der Waals surface area (Å²) in [5, 5.41) is 3.81. The van der Waals surface area contributed by atoms with Crippen LogP contribution in [0, 0.1) is 0 Å². The van der Waals surface area contributed by atoms with Crippen LogP contribution in [-0.4, -0.2) is 34.5 Å². The van der Waals surface area contributed by atoms with Crippen LogP contribution >= 0.6 is 0 Å². The number of benzene rings is 2. The number of ether oxygens (including phenoxy) is 3. The van der Waals surface area contributed by atoms with Crippen molar-refractivity contribution in [3.05, 3.63) is 48.0 Å². The van der Waals surface area contributed by atoms with Crippen LogP contribution < -0.4 is 19.0 Å². The Morgan fingerprint density at radius 1 is 1.12 bits per heavy atom. The van der Waals surface area contributed by atoms with Crippen LogP contribution in [0.4, 0.5) is 0 Å². The first-order valence-electron chi connectivity index (χ1n) is 7.76. The van der Waals surface area contributed by atoms with Crippen molar-refractivity contribution in [2.45, 2.75) is 11.8 Å². The summed E-state index contributed by atoms with van der Waals surface area (Å²) in [4.78, 5) is 2.29.